The van der Waals surface area contributed by atoms with Crippen LogP contribution in [-0.2, 0) is 0 Å². The van der Waals surface area contributed by atoms with Gasteiger partial charge in [-0.15, -0.1) is 15.3 Å². The Kier molecular flexibility index (Phi) is 3.98. The molecule has 0 heterocycles. The average Bonchev–Trinajstić information content (AvgIpc) is 2.15. The third-order valence-electron chi connectivity index (χ3n) is 2.17. The number of hydrogen-bond donors (Lipinski definition) is 0. The summed E-state index contributed by atoms with van der Waals surface area (Å²) in [4.78, 5) is 0. The van der Waals surface area contributed by atoms with Crippen LogP contribution in [0.4, 0.5) is 0 Å². The van der Waals surface area contributed by atoms with Crippen LogP contribution in [0.25, 0.3) is 0 Å². The fourth-order valence-electron chi connectivity index (χ4n) is 1.34. The molecule has 0 N–H and O–H groups in total. The minimum absolute atomic E-state index is 0.979. The molecule has 0 bridgehead atoms. The number of hydrogen-bond acceptors (Lipinski definition) is 1. The normalized spacial score (nSPS) is 13.8. The predicted molar refractivity (Wildman–Crippen MR) is 72.1 cm³/mol. The Hall–Kier alpha value is -0.0662. The van der Waals surface area contributed by atoms with Crippen molar-refractivity contribution in [3.63, 3.8) is 0 Å². The van der Waals surface area contributed by atoms with Crippen LogP contribution in [0.1, 0.15) is 0 Å². The monoisotopic (exact) mass is 288 g/mol. The van der Waals surface area contributed by atoms with Crippen LogP contribution in [0.15, 0.2) is 24.3 Å². The second-order valence-electron chi connectivity index (χ2n) is 4.47. The van der Waals surface area contributed by atoms with Crippen molar-refractivity contribution in [2.24, 2.45) is 0 Å². The topological polar surface area (TPSA) is 9.23 Å². The first kappa shape index (κ1) is 12.0. The zero-order valence-corrected chi connectivity index (χ0v) is 12.9. The second-order valence-corrected chi connectivity index (χ2v) is 22.8. The van der Waals surface area contributed by atoms with E-state index in [-0.39, 0.29) is 0 Å². The molecule has 0 spiro atoms. The van der Waals surface area contributed by atoms with Gasteiger partial charge in [0.2, 0.25) is 0 Å². The van der Waals surface area contributed by atoms with Gasteiger partial charge in [-0.2, -0.15) is 0 Å². The fraction of sp³-hybridized carbons (Fsp3) is 0.400. The maximum atomic E-state index is 5.39. The molecular weight excluding hydrogens is 272 g/mol. The van der Waals surface area contributed by atoms with Gasteiger partial charge in [0.1, 0.15) is 12.7 Å². The summed E-state index contributed by atoms with van der Waals surface area (Å²) in [5, 5.41) is 1.41. The minimum atomic E-state index is -1.07. The average molecular weight is 289 g/mol. The highest BCUT2D eigenvalue weighted by atomic mass is 79.9. The third kappa shape index (κ3) is 2.71. The minimum Gasteiger partial charge on any atom is -0.497 e. The third-order valence-corrected chi connectivity index (χ3v) is 24.1. The molecule has 0 aliphatic rings. The first-order chi connectivity index (χ1) is 6.46. The molecule has 0 amide bonds. The van der Waals surface area contributed by atoms with Crippen molar-refractivity contribution in [2.45, 2.75) is 19.6 Å². The molecule has 0 fully saturated rings. The molecule has 1 aromatic rings. The lowest BCUT2D eigenvalue weighted by Crippen LogP contribution is -2.47. The van der Waals surface area contributed by atoms with E-state index in [1.807, 2.05) is 6.07 Å². The van der Waals surface area contributed by atoms with Gasteiger partial charge in [-0.25, -0.2) is 0 Å². The molecule has 0 saturated carbocycles. The Morgan fingerprint density at radius 1 is 1.21 bits per heavy atom. The molecule has 0 saturated heterocycles. The molecule has 0 aromatic heterocycles. The number of rotatable bonds is 3. The van der Waals surface area contributed by atoms with Gasteiger partial charge < -0.3 is 4.74 Å². The van der Waals surface area contributed by atoms with Crippen molar-refractivity contribution in [1.29, 1.82) is 0 Å². The maximum Gasteiger partial charge on any atom is 0.141 e. The van der Waals surface area contributed by atoms with Gasteiger partial charge in [0.25, 0.3) is 0 Å². The van der Waals surface area contributed by atoms with Crippen LogP contribution in [0.2, 0.25) is 19.6 Å². The fourth-order valence-corrected chi connectivity index (χ4v) is 7.67. The van der Waals surface area contributed by atoms with Crippen molar-refractivity contribution < 1.29 is 4.74 Å². The highest BCUT2D eigenvalue weighted by molar-refractivity contribution is 9.26. The molecule has 0 aliphatic heterocycles. The van der Waals surface area contributed by atoms with E-state index in [0.29, 0.717) is 0 Å². The van der Waals surface area contributed by atoms with E-state index in [4.69, 9.17) is 4.74 Å². The van der Waals surface area contributed by atoms with E-state index in [1.165, 1.54) is 5.19 Å². The van der Waals surface area contributed by atoms with Gasteiger partial charge in [0, 0.05) is 0 Å². The first-order valence-corrected chi connectivity index (χ1v) is 13.8. The molecule has 1 atom stereocenters. The Morgan fingerprint density at radius 2 is 1.79 bits per heavy atom. The van der Waals surface area contributed by atoms with Crippen molar-refractivity contribution in [3.8, 4) is 5.75 Å². The van der Waals surface area contributed by atoms with Gasteiger partial charge in [0.05, 0.1) is 14.7 Å². The van der Waals surface area contributed by atoms with E-state index in [1.54, 1.807) is 7.11 Å². The van der Waals surface area contributed by atoms with E-state index in [9.17, 15) is 0 Å². The van der Waals surface area contributed by atoms with Gasteiger partial charge in [-0.05, 0) is 11.3 Å². The number of halogens is 1. The second kappa shape index (κ2) is 4.64. The van der Waals surface area contributed by atoms with E-state index >= 15 is 0 Å². The van der Waals surface area contributed by atoms with Gasteiger partial charge in [0.15, 0.2) is 0 Å². The van der Waals surface area contributed by atoms with Gasteiger partial charge >= 0.3 is 0 Å². The summed E-state index contributed by atoms with van der Waals surface area (Å²) in [6.45, 7) is 6.24. The Balaban J connectivity index is 3.06. The molecule has 1 nitrogen and oxygen atoms in total. The van der Waals surface area contributed by atoms with E-state index in [0.717, 1.165) is 5.75 Å². The molecule has 1 aromatic carbocycles. The predicted octanol–water partition coefficient (Wildman–Crippen LogP) is 2.44. The molecule has 4 heteroatoms. The molecule has 0 aliphatic carbocycles. The summed E-state index contributed by atoms with van der Waals surface area (Å²) in [7, 11) is 0.674. The van der Waals surface area contributed by atoms with Crippen LogP contribution < -0.4 is 9.92 Å². The van der Waals surface area contributed by atoms with Crippen molar-refractivity contribution in [3.05, 3.63) is 24.3 Å². The first-order valence-electron chi connectivity index (χ1n) is 4.74. The van der Waals surface area contributed by atoms with Gasteiger partial charge in [-0.1, -0.05) is 37.8 Å². The van der Waals surface area contributed by atoms with Crippen molar-refractivity contribution >= 4 is 35.0 Å². The van der Waals surface area contributed by atoms with E-state index in [2.05, 4.69) is 53.1 Å². The SMILES string of the molecule is COc1ccccc1[SiH](Br)[Si](C)(C)C. The van der Waals surface area contributed by atoms with Crippen molar-refractivity contribution in [2.75, 3.05) is 7.11 Å². The molecular formula is C10H17BrOSi2. The Bertz CT molecular complexity index is 309. The van der Waals surface area contributed by atoms with Crippen LogP contribution in [0.5, 0.6) is 5.75 Å². The lowest BCUT2D eigenvalue weighted by molar-refractivity contribution is 0.418. The lowest BCUT2D eigenvalue weighted by atomic mass is 10.3. The van der Waals surface area contributed by atoms with Crippen LogP contribution >= 0.6 is 15.3 Å². The molecule has 78 valence electrons. The lowest BCUT2D eigenvalue weighted by Gasteiger charge is -2.23. The standard InChI is InChI=1S/C10H17BrOSi2/c1-12-9-7-5-6-8-10(9)13(11)14(2,3)4/h5-8,13H,1-4H3. The largest absolute Gasteiger partial charge is 0.497 e. The van der Waals surface area contributed by atoms with Crippen molar-refractivity contribution in [1.82, 2.24) is 0 Å². The number of methoxy groups -OCH3 is 1. The number of benzene rings is 1. The quantitative estimate of drug-likeness (QED) is 0.613. The summed E-state index contributed by atoms with van der Waals surface area (Å²) in [6.07, 6.45) is 0. The number of ether oxygens (including phenoxy) is 1. The maximum absolute atomic E-state index is 5.39. The summed E-state index contributed by atoms with van der Waals surface area (Å²) >= 11 is 3.92. The van der Waals surface area contributed by atoms with Gasteiger partial charge in [-0.3, -0.25) is 0 Å². The Morgan fingerprint density at radius 3 is 2.29 bits per heavy atom. The van der Waals surface area contributed by atoms with E-state index < -0.39 is 14.5 Å². The summed E-state index contributed by atoms with van der Waals surface area (Å²) in [5.74, 6) is 1.04. The number of para-hydroxylation sites is 1. The van der Waals surface area contributed by atoms with Crippen LogP contribution in [-0.4, -0.2) is 21.6 Å². The highest BCUT2D eigenvalue weighted by Crippen LogP contribution is 2.17. The van der Waals surface area contributed by atoms with Crippen LogP contribution in [0.3, 0.4) is 0 Å². The molecule has 0 radical (unpaired) electrons. The summed E-state index contributed by atoms with van der Waals surface area (Å²) in [6, 6.07) is 8.37. The molecule has 1 unspecified atom stereocenters. The molecule has 14 heavy (non-hydrogen) atoms. The highest BCUT2D eigenvalue weighted by Gasteiger charge is 2.29. The zero-order chi connectivity index (χ0) is 10.8. The zero-order valence-electron chi connectivity index (χ0n) is 9.17. The summed E-state index contributed by atoms with van der Waals surface area (Å²) in [5.41, 5.74) is 0. The van der Waals surface area contributed by atoms with Crippen LogP contribution in [0, 0.1) is 0 Å². The Labute approximate surface area is 96.5 Å². The summed E-state index contributed by atoms with van der Waals surface area (Å²) < 4.78 is 5.39. The molecule has 1 rings (SSSR count). The smallest absolute Gasteiger partial charge is 0.141 e.